The van der Waals surface area contributed by atoms with E-state index < -0.39 is 4.87 Å². The van der Waals surface area contributed by atoms with Crippen LogP contribution < -0.4 is 9.80 Å². The van der Waals surface area contributed by atoms with Crippen LogP contribution in [0.4, 0.5) is 15.8 Å². The number of amides is 2. The average molecular weight is 483 g/mol. The highest BCUT2D eigenvalue weighted by molar-refractivity contribution is 9.10. The fraction of sp³-hybridized carbons (Fsp3) is 0.130. The summed E-state index contributed by atoms with van der Waals surface area (Å²) >= 11 is 4.73. The first kappa shape index (κ1) is 19.3. The second kappa shape index (κ2) is 7.25. The van der Waals surface area contributed by atoms with Crippen molar-refractivity contribution >= 4 is 50.9 Å². The summed E-state index contributed by atoms with van der Waals surface area (Å²) in [5.74, 6) is -0.517. The van der Waals surface area contributed by atoms with E-state index in [1.807, 2.05) is 48.5 Å². The van der Waals surface area contributed by atoms with Gasteiger partial charge in [0.15, 0.2) is 0 Å². The molecule has 0 saturated carbocycles. The van der Waals surface area contributed by atoms with Gasteiger partial charge in [-0.3, -0.25) is 14.5 Å². The average Bonchev–Trinajstić information content (AvgIpc) is 3.22. The predicted octanol–water partition coefficient (Wildman–Crippen LogP) is 5.07. The van der Waals surface area contributed by atoms with Gasteiger partial charge in [-0.2, -0.15) is 0 Å². The van der Waals surface area contributed by atoms with E-state index >= 15 is 0 Å². The Morgan fingerprint density at radius 3 is 2.43 bits per heavy atom. The van der Waals surface area contributed by atoms with E-state index in [1.165, 1.54) is 17.8 Å². The highest BCUT2D eigenvalue weighted by Crippen LogP contribution is 2.56. The Morgan fingerprint density at radius 2 is 1.67 bits per heavy atom. The van der Waals surface area contributed by atoms with Crippen molar-refractivity contribution in [3.63, 3.8) is 0 Å². The topological polar surface area (TPSA) is 40.6 Å². The Bertz CT molecular complexity index is 1170. The van der Waals surface area contributed by atoms with Gasteiger partial charge in [0.05, 0.1) is 18.0 Å². The molecule has 1 atom stereocenters. The maximum absolute atomic E-state index is 14.3. The maximum atomic E-state index is 14.3. The van der Waals surface area contributed by atoms with Gasteiger partial charge in [0, 0.05) is 21.3 Å². The van der Waals surface area contributed by atoms with Crippen molar-refractivity contribution in [2.24, 2.45) is 0 Å². The van der Waals surface area contributed by atoms with Gasteiger partial charge in [0.1, 0.15) is 5.82 Å². The lowest BCUT2D eigenvalue weighted by molar-refractivity contribution is -0.123. The molecule has 3 aromatic carbocycles. The molecule has 0 aromatic heterocycles. The lowest BCUT2D eigenvalue weighted by atomic mass is 10.0. The number of hydrogen-bond acceptors (Lipinski definition) is 3. The third kappa shape index (κ3) is 2.80. The molecule has 2 heterocycles. The summed E-state index contributed by atoms with van der Waals surface area (Å²) in [5.41, 5.74) is 2.55. The molecule has 30 heavy (non-hydrogen) atoms. The van der Waals surface area contributed by atoms with E-state index in [0.717, 1.165) is 10.0 Å². The monoisotopic (exact) mass is 482 g/mol. The number of carbonyl (C=O) groups is 2. The number of para-hydroxylation sites is 1. The van der Waals surface area contributed by atoms with Crippen LogP contribution in [0, 0.1) is 5.82 Å². The van der Waals surface area contributed by atoms with Crippen LogP contribution in [0.5, 0.6) is 0 Å². The van der Waals surface area contributed by atoms with E-state index in [2.05, 4.69) is 15.9 Å². The fourth-order valence-corrected chi connectivity index (χ4v) is 5.72. The molecule has 2 aliphatic heterocycles. The van der Waals surface area contributed by atoms with Gasteiger partial charge in [-0.1, -0.05) is 52.3 Å². The number of fused-ring (bicyclic) bond motifs is 2. The van der Waals surface area contributed by atoms with Crippen LogP contribution in [0.3, 0.4) is 0 Å². The summed E-state index contributed by atoms with van der Waals surface area (Å²) in [4.78, 5) is 28.8. The van der Waals surface area contributed by atoms with Gasteiger partial charge in [-0.25, -0.2) is 4.39 Å². The van der Waals surface area contributed by atoms with Gasteiger partial charge in [0.25, 0.3) is 5.91 Å². The first-order valence-electron chi connectivity index (χ1n) is 9.40. The molecule has 1 fully saturated rings. The zero-order valence-corrected chi connectivity index (χ0v) is 18.1. The first-order chi connectivity index (χ1) is 14.5. The molecule has 0 radical (unpaired) electrons. The zero-order chi connectivity index (χ0) is 20.9. The maximum Gasteiger partial charge on any atom is 0.269 e. The Hall–Kier alpha value is -2.64. The summed E-state index contributed by atoms with van der Waals surface area (Å²) in [6.45, 7) is 0.104. The minimum Gasteiger partial charge on any atom is -0.304 e. The fourth-order valence-electron chi connectivity index (χ4n) is 4.10. The van der Waals surface area contributed by atoms with Crippen LogP contribution >= 0.6 is 27.7 Å². The van der Waals surface area contributed by atoms with Gasteiger partial charge in [-0.05, 0) is 36.4 Å². The van der Waals surface area contributed by atoms with Crippen LogP contribution in [-0.2, 0) is 21.0 Å². The Balaban J connectivity index is 1.65. The summed E-state index contributed by atoms with van der Waals surface area (Å²) in [6, 6.07) is 21.2. The van der Waals surface area contributed by atoms with Crippen LogP contribution in [0.25, 0.3) is 0 Å². The number of benzene rings is 3. The highest BCUT2D eigenvalue weighted by atomic mass is 79.9. The van der Waals surface area contributed by atoms with Crippen molar-refractivity contribution in [2.45, 2.75) is 11.4 Å². The van der Waals surface area contributed by atoms with Crippen LogP contribution in [-0.4, -0.2) is 17.6 Å². The Morgan fingerprint density at radius 1 is 0.967 bits per heavy atom. The summed E-state index contributed by atoms with van der Waals surface area (Å²) < 4.78 is 15.2. The molecule has 5 rings (SSSR count). The van der Waals surface area contributed by atoms with Gasteiger partial charge in [-0.15, -0.1) is 11.8 Å². The Labute approximate surface area is 185 Å². The molecule has 0 bridgehead atoms. The predicted molar refractivity (Wildman–Crippen MR) is 120 cm³/mol. The number of thioether (sulfide) groups is 1. The molecule has 0 aliphatic carbocycles. The van der Waals surface area contributed by atoms with E-state index in [1.54, 1.807) is 28.0 Å². The van der Waals surface area contributed by atoms with Crippen molar-refractivity contribution in [3.8, 4) is 0 Å². The van der Waals surface area contributed by atoms with Crippen LogP contribution in [0.1, 0.15) is 11.1 Å². The molecular weight excluding hydrogens is 467 g/mol. The van der Waals surface area contributed by atoms with Crippen molar-refractivity contribution in [2.75, 3.05) is 15.6 Å². The second-order valence-electron chi connectivity index (χ2n) is 7.14. The van der Waals surface area contributed by atoms with E-state index in [-0.39, 0.29) is 29.9 Å². The molecule has 2 aliphatic rings. The molecule has 3 aromatic rings. The van der Waals surface area contributed by atoms with Gasteiger partial charge >= 0.3 is 0 Å². The van der Waals surface area contributed by atoms with Crippen molar-refractivity contribution < 1.29 is 14.0 Å². The molecule has 150 valence electrons. The number of anilines is 2. The first-order valence-corrected chi connectivity index (χ1v) is 11.2. The van der Waals surface area contributed by atoms with Crippen LogP contribution in [0.15, 0.2) is 77.3 Å². The van der Waals surface area contributed by atoms with E-state index in [4.69, 9.17) is 0 Å². The van der Waals surface area contributed by atoms with Crippen molar-refractivity contribution in [3.05, 3.63) is 94.2 Å². The van der Waals surface area contributed by atoms with Crippen molar-refractivity contribution in [1.82, 2.24) is 0 Å². The lowest BCUT2D eigenvalue weighted by Gasteiger charge is -2.33. The summed E-state index contributed by atoms with van der Waals surface area (Å²) in [5, 5.41) is 0. The third-order valence-electron chi connectivity index (χ3n) is 5.43. The smallest absolute Gasteiger partial charge is 0.269 e. The normalized spacial score (nSPS) is 20.3. The quantitative estimate of drug-likeness (QED) is 0.523. The van der Waals surface area contributed by atoms with Crippen LogP contribution in [0.2, 0.25) is 0 Å². The molecule has 4 nitrogen and oxygen atoms in total. The van der Waals surface area contributed by atoms with E-state index in [0.29, 0.717) is 16.9 Å². The van der Waals surface area contributed by atoms with Crippen molar-refractivity contribution in [1.29, 1.82) is 0 Å². The molecule has 1 spiro atoms. The summed E-state index contributed by atoms with van der Waals surface area (Å²) in [7, 11) is 0. The zero-order valence-electron chi connectivity index (χ0n) is 15.7. The second-order valence-corrected chi connectivity index (χ2v) is 9.22. The largest absolute Gasteiger partial charge is 0.304 e. The molecule has 1 saturated heterocycles. The third-order valence-corrected chi connectivity index (χ3v) is 7.35. The standard InChI is InChI=1S/C23H16BrFN2O2S/c24-16-9-11-17(12-10-16)27-21(28)14-30-23(27)18-6-2-4-8-20(18)26(22(23)29)13-15-5-1-3-7-19(15)25/h1-12H,13-14H2. The number of hydrogen-bond donors (Lipinski definition) is 0. The lowest BCUT2D eigenvalue weighted by Crippen LogP contribution is -2.49. The number of halogens is 2. The molecular formula is C23H16BrFN2O2S. The van der Waals surface area contributed by atoms with Gasteiger partial charge < -0.3 is 4.90 Å². The summed E-state index contributed by atoms with van der Waals surface area (Å²) in [6.07, 6.45) is 0. The molecule has 0 N–H and O–H groups in total. The molecule has 1 unspecified atom stereocenters. The van der Waals surface area contributed by atoms with E-state index in [9.17, 15) is 14.0 Å². The Kier molecular flexibility index (Phi) is 4.67. The highest BCUT2D eigenvalue weighted by Gasteiger charge is 2.60. The number of rotatable bonds is 3. The molecule has 2 amide bonds. The number of nitrogens with zero attached hydrogens (tertiary/aromatic N) is 2. The SMILES string of the molecule is O=C1CSC2(C(=O)N(Cc3ccccc3F)c3ccccc32)N1c1ccc(Br)cc1. The molecule has 7 heteroatoms. The number of carbonyl (C=O) groups excluding carboxylic acids is 2. The minimum absolute atomic E-state index is 0.104. The van der Waals surface area contributed by atoms with Gasteiger partial charge in [0.2, 0.25) is 10.8 Å². The minimum atomic E-state index is -1.19.